The number of rotatable bonds is 4. The summed E-state index contributed by atoms with van der Waals surface area (Å²) in [7, 11) is 0. The van der Waals surface area contributed by atoms with E-state index in [0.29, 0.717) is 5.92 Å². The summed E-state index contributed by atoms with van der Waals surface area (Å²) in [6.45, 7) is 0. The number of aldehydes is 1. The van der Waals surface area contributed by atoms with E-state index >= 15 is 0 Å². The average molecular weight is 202 g/mol. The zero-order valence-corrected chi connectivity index (χ0v) is 9.06. The number of hydrogen-bond acceptors (Lipinski definition) is 1. The lowest BCUT2D eigenvalue weighted by Crippen LogP contribution is -2.15. The normalized spacial score (nSPS) is 18.9. The summed E-state index contributed by atoms with van der Waals surface area (Å²) in [5.74, 6) is 0.887. The van der Waals surface area contributed by atoms with Gasteiger partial charge in [-0.3, -0.25) is 0 Å². The van der Waals surface area contributed by atoms with E-state index in [9.17, 15) is 4.79 Å². The van der Waals surface area contributed by atoms with Gasteiger partial charge in [-0.15, -0.1) is 0 Å². The van der Waals surface area contributed by atoms with Gasteiger partial charge in [0.15, 0.2) is 0 Å². The van der Waals surface area contributed by atoms with E-state index in [2.05, 4.69) is 12.1 Å². The van der Waals surface area contributed by atoms with Gasteiger partial charge in [0.25, 0.3) is 0 Å². The second-order valence-electron chi connectivity index (χ2n) is 4.53. The fourth-order valence-electron chi connectivity index (χ4n) is 2.60. The maximum absolute atomic E-state index is 11.1. The molecule has 1 heteroatoms. The highest BCUT2D eigenvalue weighted by Crippen LogP contribution is 2.32. The number of carbonyl (C=O) groups excluding carboxylic acids is 1. The molecule has 0 aromatic heterocycles. The van der Waals surface area contributed by atoms with Crippen molar-refractivity contribution in [2.45, 2.75) is 32.1 Å². The van der Waals surface area contributed by atoms with Crippen LogP contribution in [0.3, 0.4) is 0 Å². The topological polar surface area (TPSA) is 17.1 Å². The Morgan fingerprint density at radius 2 is 1.87 bits per heavy atom. The molecule has 0 heterocycles. The molecule has 1 aliphatic rings. The van der Waals surface area contributed by atoms with Crippen LogP contribution in [0.1, 0.15) is 31.2 Å². The Hall–Kier alpha value is -1.11. The minimum atomic E-state index is 0.245. The predicted octanol–water partition coefficient (Wildman–Crippen LogP) is 3.23. The third-order valence-corrected chi connectivity index (χ3v) is 3.49. The van der Waals surface area contributed by atoms with E-state index < -0.39 is 0 Å². The van der Waals surface area contributed by atoms with E-state index in [1.54, 1.807) is 0 Å². The SMILES string of the molecule is O=CC(Cc1ccccc1)C1CCCC1. The number of carbonyl (C=O) groups is 1. The Bertz CT molecular complexity index is 298. The Morgan fingerprint density at radius 1 is 1.20 bits per heavy atom. The lowest BCUT2D eigenvalue weighted by atomic mass is 9.87. The third-order valence-electron chi connectivity index (χ3n) is 3.49. The highest BCUT2D eigenvalue weighted by Gasteiger charge is 2.24. The van der Waals surface area contributed by atoms with Gasteiger partial charge in [-0.1, -0.05) is 43.2 Å². The summed E-state index contributed by atoms with van der Waals surface area (Å²) >= 11 is 0. The van der Waals surface area contributed by atoms with Crippen molar-refractivity contribution in [3.63, 3.8) is 0 Å². The molecule has 0 N–H and O–H groups in total. The van der Waals surface area contributed by atoms with Crippen molar-refractivity contribution in [1.29, 1.82) is 0 Å². The van der Waals surface area contributed by atoms with E-state index in [-0.39, 0.29) is 5.92 Å². The lowest BCUT2D eigenvalue weighted by Gasteiger charge is -2.17. The van der Waals surface area contributed by atoms with Crippen molar-refractivity contribution in [1.82, 2.24) is 0 Å². The van der Waals surface area contributed by atoms with Gasteiger partial charge in [-0.05, 0) is 30.7 Å². The number of benzene rings is 1. The van der Waals surface area contributed by atoms with E-state index in [0.717, 1.165) is 6.42 Å². The Kier molecular flexibility index (Phi) is 3.54. The van der Waals surface area contributed by atoms with Crippen molar-refractivity contribution in [2.75, 3.05) is 0 Å². The smallest absolute Gasteiger partial charge is 0.123 e. The zero-order chi connectivity index (χ0) is 10.5. The summed E-state index contributed by atoms with van der Waals surface area (Å²) in [5, 5.41) is 0. The maximum atomic E-state index is 11.1. The monoisotopic (exact) mass is 202 g/mol. The molecule has 80 valence electrons. The molecular formula is C14H18O. The summed E-state index contributed by atoms with van der Waals surface area (Å²) in [5.41, 5.74) is 1.29. The van der Waals surface area contributed by atoms with E-state index in [1.165, 1.54) is 37.5 Å². The summed E-state index contributed by atoms with van der Waals surface area (Å²) in [4.78, 5) is 11.1. The fourth-order valence-corrected chi connectivity index (χ4v) is 2.60. The average Bonchev–Trinajstić information content (AvgIpc) is 2.81. The van der Waals surface area contributed by atoms with Crippen LogP contribution in [0.5, 0.6) is 0 Å². The third kappa shape index (κ3) is 2.68. The van der Waals surface area contributed by atoms with Crippen molar-refractivity contribution >= 4 is 6.29 Å². The molecule has 15 heavy (non-hydrogen) atoms. The van der Waals surface area contributed by atoms with E-state index in [1.807, 2.05) is 18.2 Å². The summed E-state index contributed by atoms with van der Waals surface area (Å²) < 4.78 is 0. The van der Waals surface area contributed by atoms with Crippen molar-refractivity contribution < 1.29 is 4.79 Å². The minimum Gasteiger partial charge on any atom is -0.303 e. The van der Waals surface area contributed by atoms with Gasteiger partial charge in [-0.25, -0.2) is 0 Å². The second kappa shape index (κ2) is 5.11. The van der Waals surface area contributed by atoms with Gasteiger partial charge in [0.1, 0.15) is 6.29 Å². The van der Waals surface area contributed by atoms with Gasteiger partial charge in [-0.2, -0.15) is 0 Å². The first-order valence-electron chi connectivity index (χ1n) is 5.89. The Morgan fingerprint density at radius 3 is 2.47 bits per heavy atom. The predicted molar refractivity (Wildman–Crippen MR) is 61.7 cm³/mol. The molecule has 1 aliphatic carbocycles. The molecule has 0 bridgehead atoms. The number of hydrogen-bond donors (Lipinski definition) is 0. The Balaban J connectivity index is 1.99. The van der Waals surface area contributed by atoms with Gasteiger partial charge in [0.2, 0.25) is 0 Å². The molecule has 0 radical (unpaired) electrons. The molecule has 0 aliphatic heterocycles. The molecule has 0 spiro atoms. The van der Waals surface area contributed by atoms with Gasteiger partial charge in [0, 0.05) is 5.92 Å². The van der Waals surface area contributed by atoms with Crippen molar-refractivity contribution in [3.05, 3.63) is 35.9 Å². The molecule has 0 saturated heterocycles. The van der Waals surface area contributed by atoms with Gasteiger partial charge >= 0.3 is 0 Å². The minimum absolute atomic E-state index is 0.245. The second-order valence-corrected chi connectivity index (χ2v) is 4.53. The largest absolute Gasteiger partial charge is 0.303 e. The quantitative estimate of drug-likeness (QED) is 0.685. The molecule has 1 unspecified atom stereocenters. The molecule has 1 aromatic rings. The molecule has 2 rings (SSSR count). The maximum Gasteiger partial charge on any atom is 0.123 e. The van der Waals surface area contributed by atoms with Crippen LogP contribution < -0.4 is 0 Å². The Labute approximate surface area is 91.5 Å². The standard InChI is InChI=1S/C14H18O/c15-11-14(13-8-4-5-9-13)10-12-6-2-1-3-7-12/h1-3,6-7,11,13-14H,4-5,8-10H2. The van der Waals surface area contributed by atoms with Crippen LogP contribution in [0, 0.1) is 11.8 Å². The molecule has 0 amide bonds. The highest BCUT2D eigenvalue weighted by molar-refractivity contribution is 5.55. The van der Waals surface area contributed by atoms with Crippen LogP contribution in [0.4, 0.5) is 0 Å². The first-order chi connectivity index (χ1) is 7.40. The first kappa shape index (κ1) is 10.4. The highest BCUT2D eigenvalue weighted by atomic mass is 16.1. The molecule has 1 atom stereocenters. The van der Waals surface area contributed by atoms with Crippen LogP contribution in [-0.2, 0) is 11.2 Å². The van der Waals surface area contributed by atoms with Crippen molar-refractivity contribution in [2.24, 2.45) is 11.8 Å². The van der Waals surface area contributed by atoms with Crippen molar-refractivity contribution in [3.8, 4) is 0 Å². The molecule has 1 saturated carbocycles. The van der Waals surface area contributed by atoms with Gasteiger partial charge in [0.05, 0.1) is 0 Å². The van der Waals surface area contributed by atoms with E-state index in [4.69, 9.17) is 0 Å². The van der Waals surface area contributed by atoms with Crippen LogP contribution in [0.2, 0.25) is 0 Å². The van der Waals surface area contributed by atoms with Gasteiger partial charge < -0.3 is 4.79 Å². The summed E-state index contributed by atoms with van der Waals surface area (Å²) in [6.07, 6.45) is 7.21. The lowest BCUT2D eigenvalue weighted by molar-refractivity contribution is -0.112. The fraction of sp³-hybridized carbons (Fsp3) is 0.500. The molecule has 1 aromatic carbocycles. The zero-order valence-electron chi connectivity index (χ0n) is 9.06. The van der Waals surface area contributed by atoms with Crippen LogP contribution in [0.25, 0.3) is 0 Å². The molecule has 1 fully saturated rings. The molecule has 1 nitrogen and oxygen atoms in total. The molecular weight excluding hydrogens is 184 g/mol. The summed E-state index contributed by atoms with van der Waals surface area (Å²) in [6, 6.07) is 10.4. The van der Waals surface area contributed by atoms with Crippen LogP contribution >= 0.6 is 0 Å². The first-order valence-corrected chi connectivity index (χ1v) is 5.89. The van der Waals surface area contributed by atoms with Crippen LogP contribution in [0.15, 0.2) is 30.3 Å². The van der Waals surface area contributed by atoms with Crippen LogP contribution in [-0.4, -0.2) is 6.29 Å².